The normalized spacial score (nSPS) is 16.7. The first-order valence-electron chi connectivity index (χ1n) is 8.20. The van der Waals surface area contributed by atoms with Crippen molar-refractivity contribution in [2.24, 2.45) is 0 Å². The predicted molar refractivity (Wildman–Crippen MR) is 98.4 cm³/mol. The summed E-state index contributed by atoms with van der Waals surface area (Å²) in [6.07, 6.45) is 3.36. The lowest BCUT2D eigenvalue weighted by Crippen LogP contribution is -2.20. The number of ketones is 1. The fourth-order valence-corrected chi connectivity index (χ4v) is 3.85. The molecule has 1 aliphatic rings. The van der Waals surface area contributed by atoms with Gasteiger partial charge in [0.1, 0.15) is 5.82 Å². The van der Waals surface area contributed by atoms with Gasteiger partial charge in [-0.1, -0.05) is 0 Å². The molecule has 1 unspecified atom stereocenters. The molecule has 0 fully saturated rings. The van der Waals surface area contributed by atoms with Crippen molar-refractivity contribution in [2.75, 3.05) is 0 Å². The summed E-state index contributed by atoms with van der Waals surface area (Å²) >= 11 is 0.563. The number of rotatable bonds is 2. The summed E-state index contributed by atoms with van der Waals surface area (Å²) in [5.41, 5.74) is 5.24. The molecule has 0 radical (unpaired) electrons. The highest BCUT2D eigenvalue weighted by Gasteiger charge is 2.29. The van der Waals surface area contributed by atoms with Crippen molar-refractivity contribution in [1.29, 1.82) is 0 Å². The van der Waals surface area contributed by atoms with Gasteiger partial charge in [-0.05, 0) is 56.5 Å². The molecule has 1 aliphatic carbocycles. The Morgan fingerprint density at radius 1 is 1.32 bits per heavy atom. The number of fused-ring (bicyclic) bond motifs is 2. The first-order chi connectivity index (χ1) is 12.1. The number of carbonyl (C=O) groups excluding carboxylic acids is 1. The maximum absolute atomic E-state index is 11.6. The van der Waals surface area contributed by atoms with Crippen LogP contribution in [-0.2, 0) is 11.3 Å². The van der Waals surface area contributed by atoms with Crippen LogP contribution in [0.3, 0.4) is 0 Å². The molecule has 1 aromatic carbocycles. The van der Waals surface area contributed by atoms with E-state index in [4.69, 9.17) is 4.98 Å². The fraction of sp³-hybridized carbons (Fsp3) is 0.263. The number of imidazole rings is 1. The molecular weight excluding hydrogens is 334 g/mol. The van der Waals surface area contributed by atoms with Crippen LogP contribution in [0.1, 0.15) is 58.7 Å². The Labute approximate surface area is 148 Å². The van der Waals surface area contributed by atoms with Gasteiger partial charge in [-0.2, -0.15) is 0 Å². The summed E-state index contributed by atoms with van der Waals surface area (Å²) < 4.78 is 11.4. The van der Waals surface area contributed by atoms with Gasteiger partial charge in [0.2, 0.25) is 0 Å². The second kappa shape index (κ2) is 6.04. The Hall–Kier alpha value is -2.60. The molecule has 2 aromatic heterocycles. The molecule has 5 nitrogen and oxygen atoms in total. The second-order valence-corrected chi connectivity index (χ2v) is 7.11. The van der Waals surface area contributed by atoms with E-state index in [0.717, 1.165) is 51.4 Å². The number of hydrogen-bond acceptors (Lipinski definition) is 4. The standard InChI is InChI=1S/C19H17N3O2S/c1-10-7-14-17(25-24)6-4-13(18(14)20-9-10)19-21-15-5-3-12(11(2)23)8-16(15)22-19/h3,5,7-9,13H,4,6H2,1-2H3,(H,21,22). The average molecular weight is 351 g/mol. The van der Waals surface area contributed by atoms with E-state index in [1.54, 1.807) is 13.0 Å². The van der Waals surface area contributed by atoms with Gasteiger partial charge in [-0.15, -0.1) is 0 Å². The third-order valence-electron chi connectivity index (χ3n) is 4.68. The Kier molecular flexibility index (Phi) is 3.84. The summed E-state index contributed by atoms with van der Waals surface area (Å²) in [5, 5.41) is 0. The molecule has 0 aliphatic heterocycles. The minimum atomic E-state index is 0.0275. The summed E-state index contributed by atoms with van der Waals surface area (Å²) in [6, 6.07) is 7.53. The highest BCUT2D eigenvalue weighted by molar-refractivity contribution is 7.67. The van der Waals surface area contributed by atoms with Crippen molar-refractivity contribution >= 4 is 32.9 Å². The van der Waals surface area contributed by atoms with Gasteiger partial charge >= 0.3 is 0 Å². The fourth-order valence-electron chi connectivity index (χ4n) is 3.39. The Morgan fingerprint density at radius 3 is 2.92 bits per heavy atom. The lowest BCUT2D eigenvalue weighted by molar-refractivity contribution is 0.101. The third-order valence-corrected chi connectivity index (χ3v) is 5.31. The largest absolute Gasteiger partial charge is 0.341 e. The van der Waals surface area contributed by atoms with E-state index in [9.17, 15) is 9.00 Å². The molecule has 3 aromatic rings. The van der Waals surface area contributed by atoms with Crippen LogP contribution in [0.2, 0.25) is 0 Å². The summed E-state index contributed by atoms with van der Waals surface area (Å²) in [6.45, 7) is 3.54. The molecule has 0 saturated carbocycles. The summed E-state index contributed by atoms with van der Waals surface area (Å²) in [5.74, 6) is 0.896. The molecule has 4 rings (SSSR count). The lowest BCUT2D eigenvalue weighted by atomic mass is 9.85. The van der Waals surface area contributed by atoms with Gasteiger partial charge in [0, 0.05) is 17.3 Å². The predicted octanol–water partition coefficient (Wildman–Crippen LogP) is 3.13. The highest BCUT2D eigenvalue weighted by Crippen LogP contribution is 2.35. The molecule has 1 atom stereocenters. The number of benzene rings is 1. The maximum Gasteiger partial charge on any atom is 0.159 e. The first-order valence-corrected chi connectivity index (χ1v) is 8.94. The van der Waals surface area contributed by atoms with Crippen molar-refractivity contribution in [1.82, 2.24) is 15.0 Å². The van der Waals surface area contributed by atoms with E-state index in [0.29, 0.717) is 16.8 Å². The molecule has 1 N–H and O–H groups in total. The molecule has 25 heavy (non-hydrogen) atoms. The number of aromatic amines is 1. The van der Waals surface area contributed by atoms with Crippen molar-refractivity contribution in [3.63, 3.8) is 0 Å². The number of carbonyl (C=O) groups is 1. The zero-order valence-corrected chi connectivity index (χ0v) is 14.8. The van der Waals surface area contributed by atoms with E-state index in [-0.39, 0.29) is 11.7 Å². The van der Waals surface area contributed by atoms with Crippen LogP contribution in [0.15, 0.2) is 30.5 Å². The molecule has 2 heterocycles. The number of hydrogen-bond donors (Lipinski definition) is 1. The van der Waals surface area contributed by atoms with E-state index < -0.39 is 0 Å². The minimum absolute atomic E-state index is 0.0275. The van der Waals surface area contributed by atoms with Crippen molar-refractivity contribution in [2.45, 2.75) is 32.6 Å². The number of H-pyrrole nitrogens is 1. The zero-order valence-electron chi connectivity index (χ0n) is 14.0. The highest BCUT2D eigenvalue weighted by atomic mass is 32.1. The summed E-state index contributed by atoms with van der Waals surface area (Å²) in [4.78, 5) is 25.1. The Bertz CT molecular complexity index is 1060. The summed E-state index contributed by atoms with van der Waals surface area (Å²) in [7, 11) is 0. The van der Waals surface area contributed by atoms with Gasteiger partial charge in [0.05, 0.1) is 38.8 Å². The zero-order chi connectivity index (χ0) is 17.6. The van der Waals surface area contributed by atoms with Crippen molar-refractivity contribution < 1.29 is 9.00 Å². The number of nitrogens with one attached hydrogen (secondary N) is 1. The monoisotopic (exact) mass is 351 g/mol. The number of pyridine rings is 1. The molecular formula is C19H17N3O2S. The Balaban J connectivity index is 1.84. The van der Waals surface area contributed by atoms with Crippen LogP contribution < -0.4 is 0 Å². The quantitative estimate of drug-likeness (QED) is 0.568. The molecule has 0 spiro atoms. The van der Waals surface area contributed by atoms with Crippen LogP contribution >= 0.6 is 0 Å². The van der Waals surface area contributed by atoms with Crippen molar-refractivity contribution in [3.8, 4) is 0 Å². The van der Waals surface area contributed by atoms with Crippen LogP contribution in [-0.4, -0.2) is 29.8 Å². The van der Waals surface area contributed by atoms with Crippen LogP contribution in [0.4, 0.5) is 0 Å². The second-order valence-electron chi connectivity index (χ2n) is 6.45. The topological polar surface area (TPSA) is 75.7 Å². The van der Waals surface area contributed by atoms with Crippen LogP contribution in [0, 0.1) is 6.92 Å². The number of Topliss-reactive ketones (excluding diaryl/α,β-unsaturated/α-hetero) is 1. The van der Waals surface area contributed by atoms with E-state index >= 15 is 0 Å². The molecule has 0 amide bonds. The molecule has 0 bridgehead atoms. The lowest BCUT2D eigenvalue weighted by Gasteiger charge is -2.23. The van der Waals surface area contributed by atoms with Gasteiger partial charge in [0.25, 0.3) is 0 Å². The van der Waals surface area contributed by atoms with Gasteiger partial charge < -0.3 is 4.98 Å². The number of nitrogens with zero attached hydrogens (tertiary/aromatic N) is 2. The van der Waals surface area contributed by atoms with Gasteiger partial charge in [0.15, 0.2) is 5.78 Å². The average Bonchev–Trinajstić information content (AvgIpc) is 3.03. The molecule has 126 valence electrons. The van der Waals surface area contributed by atoms with Gasteiger partial charge in [-0.25, -0.2) is 9.19 Å². The van der Waals surface area contributed by atoms with E-state index in [2.05, 4.69) is 9.97 Å². The number of aryl methyl sites for hydroxylation is 1. The maximum atomic E-state index is 11.6. The first kappa shape index (κ1) is 15.9. The molecule has 0 saturated heterocycles. The third kappa shape index (κ3) is 2.72. The van der Waals surface area contributed by atoms with Crippen LogP contribution in [0.25, 0.3) is 11.0 Å². The Morgan fingerprint density at radius 2 is 2.16 bits per heavy atom. The van der Waals surface area contributed by atoms with E-state index in [1.807, 2.05) is 31.3 Å². The van der Waals surface area contributed by atoms with Crippen molar-refractivity contribution in [3.05, 3.63) is 58.7 Å². The minimum Gasteiger partial charge on any atom is -0.341 e. The number of aromatic nitrogens is 3. The van der Waals surface area contributed by atoms with E-state index in [1.165, 1.54) is 0 Å². The molecule has 6 heteroatoms. The van der Waals surface area contributed by atoms with Crippen LogP contribution in [0.5, 0.6) is 0 Å². The SMILES string of the molecule is CC(=O)c1ccc2nc(C3CCC(=S=O)c4cc(C)cnc43)[nH]c2c1. The smallest absolute Gasteiger partial charge is 0.159 e. The van der Waals surface area contributed by atoms with Gasteiger partial charge in [-0.3, -0.25) is 9.78 Å².